The molecule has 0 aliphatic carbocycles. The van der Waals surface area contributed by atoms with Crippen LogP contribution in [0.15, 0.2) is 70.3 Å². The number of anilines is 2. The third-order valence-corrected chi connectivity index (χ3v) is 5.16. The van der Waals surface area contributed by atoms with Gasteiger partial charge in [0.1, 0.15) is 5.82 Å². The second kappa shape index (κ2) is 11.2. The third kappa shape index (κ3) is 6.02. The molecule has 1 heterocycles. The molecule has 34 heavy (non-hydrogen) atoms. The highest BCUT2D eigenvalue weighted by atomic mass is 35.5. The number of nitrogens with one attached hydrogen (secondary N) is 1. The molecule has 0 saturated carbocycles. The molecule has 0 saturated heterocycles. The fourth-order valence-electron chi connectivity index (χ4n) is 3.22. The SMILES string of the molecule is CCN(C(=O)COC(=O)/C=C/c1ccc(Cl)cc1)c1c(N)n(Cc2ccccc2)c(=O)[nH]c1=O. The van der Waals surface area contributed by atoms with Crippen LogP contribution in [-0.2, 0) is 20.9 Å². The lowest BCUT2D eigenvalue weighted by Gasteiger charge is -2.23. The summed E-state index contributed by atoms with van der Waals surface area (Å²) in [5, 5.41) is 0.564. The molecule has 3 N–H and O–H groups in total. The number of benzene rings is 2. The average molecular weight is 483 g/mol. The topological polar surface area (TPSA) is 127 Å². The molecule has 0 unspecified atom stereocenters. The minimum atomic E-state index is -0.809. The standard InChI is InChI=1S/C24H23ClN4O5/c1-2-28(19(30)15-34-20(31)13-10-16-8-11-18(25)12-9-16)21-22(26)29(24(33)27-23(21)32)14-17-6-4-3-5-7-17/h3-13H,2,14-15,26H2,1H3,(H,27,32,33)/b13-10+. The minimum absolute atomic E-state index is 0.0633. The monoisotopic (exact) mass is 482 g/mol. The molecule has 0 bridgehead atoms. The van der Waals surface area contributed by atoms with Crippen LogP contribution in [0, 0.1) is 0 Å². The summed E-state index contributed by atoms with van der Waals surface area (Å²) in [6.07, 6.45) is 2.69. The van der Waals surface area contributed by atoms with Gasteiger partial charge in [0.2, 0.25) is 0 Å². The summed E-state index contributed by atoms with van der Waals surface area (Å²) in [4.78, 5) is 52.9. The van der Waals surface area contributed by atoms with Crippen molar-refractivity contribution in [1.29, 1.82) is 0 Å². The first kappa shape index (κ1) is 24.5. The molecular formula is C24H23ClN4O5. The first-order valence-corrected chi connectivity index (χ1v) is 10.7. The summed E-state index contributed by atoms with van der Waals surface area (Å²) in [5.74, 6) is -1.57. The molecule has 1 aromatic heterocycles. The van der Waals surface area contributed by atoms with Gasteiger partial charge in [-0.15, -0.1) is 0 Å². The number of nitrogen functional groups attached to an aromatic ring is 1. The number of amides is 1. The van der Waals surface area contributed by atoms with Crippen molar-refractivity contribution in [2.24, 2.45) is 0 Å². The number of esters is 1. The van der Waals surface area contributed by atoms with Crippen molar-refractivity contribution < 1.29 is 14.3 Å². The molecule has 0 aliphatic rings. The third-order valence-electron chi connectivity index (χ3n) is 4.90. The zero-order valence-electron chi connectivity index (χ0n) is 18.4. The van der Waals surface area contributed by atoms with Crippen LogP contribution in [0.3, 0.4) is 0 Å². The van der Waals surface area contributed by atoms with Crippen molar-refractivity contribution >= 4 is 41.1 Å². The van der Waals surface area contributed by atoms with Crippen LogP contribution >= 0.6 is 11.6 Å². The van der Waals surface area contributed by atoms with Crippen molar-refractivity contribution in [2.75, 3.05) is 23.8 Å². The lowest BCUT2D eigenvalue weighted by molar-refractivity contribution is -0.142. The quantitative estimate of drug-likeness (QED) is 0.375. The van der Waals surface area contributed by atoms with Gasteiger partial charge in [-0.05, 0) is 36.3 Å². The summed E-state index contributed by atoms with van der Waals surface area (Å²) in [7, 11) is 0. The average Bonchev–Trinajstić information content (AvgIpc) is 2.83. The van der Waals surface area contributed by atoms with E-state index in [2.05, 4.69) is 4.98 Å². The number of ether oxygens (including phenoxy) is 1. The Kier molecular flexibility index (Phi) is 8.05. The van der Waals surface area contributed by atoms with Crippen molar-refractivity contribution in [1.82, 2.24) is 9.55 Å². The van der Waals surface area contributed by atoms with Crippen LogP contribution in [0.25, 0.3) is 6.08 Å². The van der Waals surface area contributed by atoms with E-state index < -0.39 is 29.7 Å². The summed E-state index contributed by atoms with van der Waals surface area (Å²) >= 11 is 5.82. The first-order valence-electron chi connectivity index (χ1n) is 10.4. The summed E-state index contributed by atoms with van der Waals surface area (Å²) < 4.78 is 6.19. The van der Waals surface area contributed by atoms with Gasteiger partial charge in [-0.25, -0.2) is 9.59 Å². The van der Waals surface area contributed by atoms with Gasteiger partial charge in [-0.3, -0.25) is 19.1 Å². The van der Waals surface area contributed by atoms with E-state index in [9.17, 15) is 19.2 Å². The lowest BCUT2D eigenvalue weighted by atomic mass is 10.2. The molecule has 10 heteroatoms. The van der Waals surface area contributed by atoms with Gasteiger partial charge in [-0.2, -0.15) is 0 Å². The van der Waals surface area contributed by atoms with E-state index in [1.807, 2.05) is 6.07 Å². The highest BCUT2D eigenvalue weighted by Gasteiger charge is 2.23. The Hall–Kier alpha value is -4.11. The number of hydrogen-bond donors (Lipinski definition) is 2. The predicted octanol–water partition coefficient (Wildman–Crippen LogP) is 2.43. The zero-order chi connectivity index (χ0) is 24.7. The molecule has 2 aromatic carbocycles. The van der Waals surface area contributed by atoms with Crippen molar-refractivity contribution in [2.45, 2.75) is 13.5 Å². The Morgan fingerprint density at radius 3 is 2.44 bits per heavy atom. The number of carbonyl (C=O) groups excluding carboxylic acids is 2. The fourth-order valence-corrected chi connectivity index (χ4v) is 3.34. The molecule has 9 nitrogen and oxygen atoms in total. The van der Waals surface area contributed by atoms with Gasteiger partial charge in [0.15, 0.2) is 12.3 Å². The maximum absolute atomic E-state index is 12.8. The van der Waals surface area contributed by atoms with E-state index in [1.54, 1.807) is 55.5 Å². The van der Waals surface area contributed by atoms with Gasteiger partial charge < -0.3 is 15.4 Å². The number of hydrogen-bond acceptors (Lipinski definition) is 6. The van der Waals surface area contributed by atoms with Gasteiger partial charge in [0, 0.05) is 17.6 Å². The Morgan fingerprint density at radius 2 is 1.79 bits per heavy atom. The van der Waals surface area contributed by atoms with Crippen molar-refractivity contribution in [3.05, 3.63) is 97.7 Å². The van der Waals surface area contributed by atoms with Crippen molar-refractivity contribution in [3.8, 4) is 0 Å². The van der Waals surface area contributed by atoms with E-state index in [4.69, 9.17) is 22.1 Å². The van der Waals surface area contributed by atoms with Crippen molar-refractivity contribution in [3.63, 3.8) is 0 Å². The van der Waals surface area contributed by atoms with Crippen LogP contribution < -0.4 is 21.9 Å². The molecule has 0 fully saturated rings. The van der Waals surface area contributed by atoms with Crippen LogP contribution in [0.4, 0.5) is 11.5 Å². The Bertz CT molecular complexity index is 1310. The van der Waals surface area contributed by atoms with Crippen LogP contribution in [-0.4, -0.2) is 34.6 Å². The Morgan fingerprint density at radius 1 is 1.12 bits per heavy atom. The number of likely N-dealkylation sites (N-methyl/N-ethyl adjacent to an activating group) is 1. The lowest BCUT2D eigenvalue weighted by Crippen LogP contribution is -2.42. The highest BCUT2D eigenvalue weighted by molar-refractivity contribution is 6.30. The maximum Gasteiger partial charge on any atom is 0.331 e. The molecule has 0 radical (unpaired) electrons. The molecule has 0 aliphatic heterocycles. The fraction of sp³-hybridized carbons (Fsp3) is 0.167. The molecule has 176 valence electrons. The Labute approximate surface area is 200 Å². The molecule has 0 spiro atoms. The number of rotatable bonds is 8. The smallest absolute Gasteiger partial charge is 0.331 e. The van der Waals surface area contributed by atoms with Crippen LogP contribution in [0.2, 0.25) is 5.02 Å². The predicted molar refractivity (Wildman–Crippen MR) is 131 cm³/mol. The Balaban J connectivity index is 1.75. The first-order chi connectivity index (χ1) is 16.3. The van der Waals surface area contributed by atoms with Gasteiger partial charge in [0.25, 0.3) is 11.5 Å². The van der Waals surface area contributed by atoms with E-state index in [0.717, 1.165) is 16.0 Å². The number of H-pyrrole nitrogens is 1. The second-order valence-electron chi connectivity index (χ2n) is 7.20. The van der Waals surface area contributed by atoms with Crippen LogP contribution in [0.5, 0.6) is 0 Å². The number of nitrogens with two attached hydrogens (primary N) is 1. The number of halogens is 1. The summed E-state index contributed by atoms with van der Waals surface area (Å²) in [6.45, 7) is 1.18. The molecule has 3 aromatic rings. The highest BCUT2D eigenvalue weighted by Crippen LogP contribution is 2.18. The summed E-state index contributed by atoms with van der Waals surface area (Å²) in [5.41, 5.74) is 5.96. The zero-order valence-corrected chi connectivity index (χ0v) is 19.1. The minimum Gasteiger partial charge on any atom is -0.452 e. The number of aromatic amines is 1. The maximum atomic E-state index is 12.8. The van der Waals surface area contributed by atoms with Gasteiger partial charge >= 0.3 is 11.7 Å². The molecule has 0 atom stereocenters. The molecule has 3 rings (SSSR count). The number of aromatic nitrogens is 2. The van der Waals surface area contributed by atoms with Gasteiger partial charge in [0.05, 0.1) is 6.54 Å². The van der Waals surface area contributed by atoms with E-state index in [0.29, 0.717) is 5.02 Å². The van der Waals surface area contributed by atoms with E-state index >= 15 is 0 Å². The van der Waals surface area contributed by atoms with Gasteiger partial charge in [-0.1, -0.05) is 54.1 Å². The van der Waals surface area contributed by atoms with E-state index in [1.165, 1.54) is 16.7 Å². The number of carbonyl (C=O) groups is 2. The molecule has 1 amide bonds. The number of nitrogens with zero attached hydrogens (tertiary/aromatic N) is 2. The van der Waals surface area contributed by atoms with Crippen LogP contribution in [0.1, 0.15) is 18.1 Å². The second-order valence-corrected chi connectivity index (χ2v) is 7.63. The summed E-state index contributed by atoms with van der Waals surface area (Å²) in [6, 6.07) is 15.8. The largest absolute Gasteiger partial charge is 0.452 e. The normalized spacial score (nSPS) is 10.9. The van der Waals surface area contributed by atoms with E-state index in [-0.39, 0.29) is 24.6 Å². The molecular weight excluding hydrogens is 460 g/mol.